The molecule has 0 aliphatic carbocycles. The lowest BCUT2D eigenvalue weighted by Crippen LogP contribution is -2.12. The highest BCUT2D eigenvalue weighted by Gasteiger charge is 2.12. The van der Waals surface area contributed by atoms with Crippen LogP contribution in [0, 0.1) is 0 Å². The Hall–Kier alpha value is -3.59. The summed E-state index contributed by atoms with van der Waals surface area (Å²) in [5.74, 6) is -0.0474. The molecule has 4 aromatic heterocycles. The zero-order chi connectivity index (χ0) is 18.4. The van der Waals surface area contributed by atoms with Crippen molar-refractivity contribution in [1.29, 1.82) is 0 Å². The van der Waals surface area contributed by atoms with Gasteiger partial charge in [0.25, 0.3) is 5.91 Å². The molecular formula is C18H13N7OS. The van der Waals surface area contributed by atoms with Crippen molar-refractivity contribution in [2.24, 2.45) is 7.05 Å². The Labute approximate surface area is 157 Å². The van der Waals surface area contributed by atoms with Crippen molar-refractivity contribution in [3.05, 3.63) is 60.0 Å². The molecule has 0 aliphatic heterocycles. The molecule has 4 heterocycles. The van der Waals surface area contributed by atoms with E-state index in [9.17, 15) is 4.79 Å². The first-order valence-corrected chi connectivity index (χ1v) is 9.04. The van der Waals surface area contributed by atoms with Crippen LogP contribution in [0.2, 0.25) is 0 Å². The van der Waals surface area contributed by atoms with Gasteiger partial charge in [-0.15, -0.1) is 16.4 Å². The van der Waals surface area contributed by atoms with Crippen molar-refractivity contribution in [2.75, 3.05) is 5.32 Å². The molecule has 0 fully saturated rings. The minimum Gasteiger partial charge on any atom is -0.289 e. The summed E-state index contributed by atoms with van der Waals surface area (Å²) in [5.41, 5.74) is 6.02. The van der Waals surface area contributed by atoms with Crippen LogP contribution in [-0.2, 0) is 7.05 Å². The molecule has 5 aromatic rings. The molecule has 0 radical (unpaired) electrons. The summed E-state index contributed by atoms with van der Waals surface area (Å²) < 4.78 is 4.36. The normalized spacial score (nSPS) is 11.3. The summed E-state index contributed by atoms with van der Waals surface area (Å²) in [6, 6.07) is 10.0. The van der Waals surface area contributed by atoms with Crippen molar-refractivity contribution in [1.82, 2.24) is 29.4 Å². The number of fused-ring (bicyclic) bond motifs is 2. The quantitative estimate of drug-likeness (QED) is 0.524. The van der Waals surface area contributed by atoms with E-state index in [1.54, 1.807) is 33.8 Å². The Balaban J connectivity index is 1.46. The van der Waals surface area contributed by atoms with Gasteiger partial charge >= 0.3 is 0 Å². The SMILES string of the molecule is Cn1cc(C(=O)Nc2nc3ccc(-c4ccc5ncsc5c4)cn3n2)cn1. The number of hydrogen-bond acceptors (Lipinski definition) is 6. The highest BCUT2D eigenvalue weighted by molar-refractivity contribution is 7.16. The van der Waals surface area contributed by atoms with E-state index in [-0.39, 0.29) is 11.9 Å². The predicted molar refractivity (Wildman–Crippen MR) is 103 cm³/mol. The average molecular weight is 375 g/mol. The molecule has 1 amide bonds. The molecule has 9 heteroatoms. The smallest absolute Gasteiger partial charge is 0.261 e. The molecule has 0 unspecified atom stereocenters. The number of nitrogens with one attached hydrogen (secondary N) is 1. The van der Waals surface area contributed by atoms with Gasteiger partial charge in [-0.05, 0) is 29.8 Å². The topological polar surface area (TPSA) is 90.0 Å². The van der Waals surface area contributed by atoms with Gasteiger partial charge in [-0.3, -0.25) is 14.8 Å². The highest BCUT2D eigenvalue weighted by atomic mass is 32.1. The van der Waals surface area contributed by atoms with Gasteiger partial charge in [-0.25, -0.2) is 9.50 Å². The highest BCUT2D eigenvalue weighted by Crippen LogP contribution is 2.26. The Morgan fingerprint density at radius 3 is 2.89 bits per heavy atom. The zero-order valence-corrected chi connectivity index (χ0v) is 15.0. The molecule has 0 spiro atoms. The van der Waals surface area contributed by atoms with Gasteiger partial charge in [-0.2, -0.15) is 10.1 Å². The Bertz CT molecular complexity index is 1300. The summed E-state index contributed by atoms with van der Waals surface area (Å²) in [4.78, 5) is 20.9. The van der Waals surface area contributed by atoms with Gasteiger partial charge in [0.05, 0.1) is 27.5 Å². The summed E-state index contributed by atoms with van der Waals surface area (Å²) >= 11 is 1.61. The summed E-state index contributed by atoms with van der Waals surface area (Å²) in [6.45, 7) is 0. The van der Waals surface area contributed by atoms with E-state index in [2.05, 4.69) is 31.5 Å². The minimum atomic E-state index is -0.296. The van der Waals surface area contributed by atoms with Crippen LogP contribution in [0.5, 0.6) is 0 Å². The summed E-state index contributed by atoms with van der Waals surface area (Å²) in [6.07, 6.45) is 5.03. The van der Waals surface area contributed by atoms with Gasteiger partial charge in [-0.1, -0.05) is 6.07 Å². The van der Waals surface area contributed by atoms with Crippen LogP contribution in [0.1, 0.15) is 10.4 Å². The fourth-order valence-electron chi connectivity index (χ4n) is 2.85. The number of carbonyl (C=O) groups excluding carboxylic acids is 1. The molecule has 1 aromatic carbocycles. The van der Waals surface area contributed by atoms with Crippen LogP contribution < -0.4 is 5.32 Å². The first-order valence-electron chi connectivity index (χ1n) is 8.16. The van der Waals surface area contributed by atoms with Crippen LogP contribution in [-0.4, -0.2) is 35.3 Å². The van der Waals surface area contributed by atoms with Crippen LogP contribution in [0.25, 0.3) is 27.0 Å². The Morgan fingerprint density at radius 2 is 2.04 bits per heavy atom. The number of anilines is 1. The number of rotatable bonds is 3. The van der Waals surface area contributed by atoms with Crippen molar-refractivity contribution in [3.8, 4) is 11.1 Å². The molecule has 5 rings (SSSR count). The van der Waals surface area contributed by atoms with Crippen molar-refractivity contribution < 1.29 is 4.79 Å². The fraction of sp³-hybridized carbons (Fsp3) is 0.0556. The molecule has 1 N–H and O–H groups in total. The third-order valence-corrected chi connectivity index (χ3v) is 4.98. The van der Waals surface area contributed by atoms with Gasteiger partial charge in [0, 0.05) is 25.0 Å². The van der Waals surface area contributed by atoms with E-state index in [1.807, 2.05) is 36.0 Å². The van der Waals surface area contributed by atoms with Crippen LogP contribution in [0.3, 0.4) is 0 Å². The molecule has 0 aliphatic rings. The predicted octanol–water partition coefficient (Wildman–Crippen LogP) is 2.99. The second-order valence-corrected chi connectivity index (χ2v) is 6.93. The zero-order valence-electron chi connectivity index (χ0n) is 14.2. The number of carbonyl (C=O) groups is 1. The molecule has 0 saturated carbocycles. The van der Waals surface area contributed by atoms with E-state index in [1.165, 1.54) is 6.20 Å². The number of nitrogens with zero attached hydrogens (tertiary/aromatic N) is 6. The number of benzene rings is 1. The number of hydrogen-bond donors (Lipinski definition) is 1. The van der Waals surface area contributed by atoms with Gasteiger partial charge in [0.2, 0.25) is 5.95 Å². The van der Waals surface area contributed by atoms with Crippen LogP contribution in [0.15, 0.2) is 54.4 Å². The van der Waals surface area contributed by atoms with Gasteiger partial charge in [0.1, 0.15) is 0 Å². The van der Waals surface area contributed by atoms with Crippen molar-refractivity contribution in [3.63, 3.8) is 0 Å². The molecule has 132 valence electrons. The third-order valence-electron chi connectivity index (χ3n) is 4.19. The maximum Gasteiger partial charge on any atom is 0.261 e. The third kappa shape index (κ3) is 2.83. The number of aryl methyl sites for hydroxylation is 1. The van der Waals surface area contributed by atoms with E-state index in [0.29, 0.717) is 11.2 Å². The molecule has 27 heavy (non-hydrogen) atoms. The largest absolute Gasteiger partial charge is 0.289 e. The fourth-order valence-corrected chi connectivity index (χ4v) is 3.57. The molecule has 0 atom stereocenters. The molecule has 0 bridgehead atoms. The van der Waals surface area contributed by atoms with Crippen molar-refractivity contribution in [2.45, 2.75) is 0 Å². The standard InChI is InChI=1S/C18H13N7OS/c1-24-8-13(7-20-24)17(26)22-18-21-16-5-3-12(9-25(16)23-18)11-2-4-14-15(6-11)27-10-19-14/h2-10H,1H3,(H,22,23,26). The number of pyridine rings is 1. The van der Waals surface area contributed by atoms with Gasteiger partial charge in [0.15, 0.2) is 5.65 Å². The molecular weight excluding hydrogens is 362 g/mol. The second kappa shape index (κ2) is 5.99. The molecule has 0 saturated heterocycles. The van der Waals surface area contributed by atoms with E-state index >= 15 is 0 Å². The van der Waals surface area contributed by atoms with Crippen molar-refractivity contribution >= 4 is 39.1 Å². The monoisotopic (exact) mass is 375 g/mol. The Kier molecular flexibility index (Phi) is 3.47. The van der Waals surface area contributed by atoms with Crippen LogP contribution >= 0.6 is 11.3 Å². The second-order valence-electron chi connectivity index (χ2n) is 6.05. The maximum atomic E-state index is 12.2. The number of thiazole rings is 1. The van der Waals surface area contributed by atoms with Crippen LogP contribution in [0.4, 0.5) is 5.95 Å². The average Bonchev–Trinajstić information content (AvgIpc) is 3.38. The number of amides is 1. The minimum absolute atomic E-state index is 0.249. The maximum absolute atomic E-state index is 12.2. The van der Waals surface area contributed by atoms with E-state index in [4.69, 9.17) is 0 Å². The summed E-state index contributed by atoms with van der Waals surface area (Å²) in [5, 5.41) is 11.1. The lowest BCUT2D eigenvalue weighted by molar-refractivity contribution is 0.102. The first kappa shape index (κ1) is 15.6. The van der Waals surface area contributed by atoms with Gasteiger partial charge < -0.3 is 0 Å². The molecule has 8 nitrogen and oxygen atoms in total. The van der Waals surface area contributed by atoms with E-state index in [0.717, 1.165) is 21.3 Å². The lowest BCUT2D eigenvalue weighted by atomic mass is 10.1. The number of aromatic nitrogens is 6. The summed E-state index contributed by atoms with van der Waals surface area (Å²) in [7, 11) is 1.76. The first-order chi connectivity index (χ1) is 13.2. The lowest BCUT2D eigenvalue weighted by Gasteiger charge is -2.02. The Morgan fingerprint density at radius 1 is 1.15 bits per heavy atom. The van der Waals surface area contributed by atoms with E-state index < -0.39 is 0 Å².